The average molecular weight is 191 g/mol. The van der Waals surface area contributed by atoms with Gasteiger partial charge in [0, 0.05) is 11.5 Å². The molecule has 14 heavy (non-hydrogen) atoms. The highest BCUT2D eigenvalue weighted by Crippen LogP contribution is 2.23. The Morgan fingerprint density at radius 1 is 1.36 bits per heavy atom. The standard InChI is InChI=1S/C11H13NO2/c1-12-7-10-5-8-3-4-9(13-2)6-11(8)14-10/h3-6,12H,7H2,1-2H3. The number of ether oxygens (including phenoxy) is 1. The Morgan fingerprint density at radius 3 is 2.93 bits per heavy atom. The summed E-state index contributed by atoms with van der Waals surface area (Å²) >= 11 is 0. The highest BCUT2D eigenvalue weighted by Gasteiger charge is 2.03. The molecule has 0 saturated carbocycles. The zero-order chi connectivity index (χ0) is 9.97. The number of hydrogen-bond donors (Lipinski definition) is 1. The maximum Gasteiger partial charge on any atom is 0.138 e. The summed E-state index contributed by atoms with van der Waals surface area (Å²) in [5, 5.41) is 4.16. The van der Waals surface area contributed by atoms with Crippen LogP contribution >= 0.6 is 0 Å². The molecule has 0 radical (unpaired) electrons. The van der Waals surface area contributed by atoms with E-state index >= 15 is 0 Å². The maximum atomic E-state index is 5.61. The van der Waals surface area contributed by atoms with Gasteiger partial charge in [-0.3, -0.25) is 0 Å². The van der Waals surface area contributed by atoms with Crippen LogP contribution in [0.15, 0.2) is 28.7 Å². The summed E-state index contributed by atoms with van der Waals surface area (Å²) in [6, 6.07) is 7.86. The van der Waals surface area contributed by atoms with Gasteiger partial charge in [0.05, 0.1) is 13.7 Å². The van der Waals surface area contributed by atoms with E-state index in [2.05, 4.69) is 5.32 Å². The van der Waals surface area contributed by atoms with Crippen LogP contribution in [0, 0.1) is 0 Å². The van der Waals surface area contributed by atoms with E-state index < -0.39 is 0 Å². The van der Waals surface area contributed by atoms with Crippen LogP contribution in [0.4, 0.5) is 0 Å². The van der Waals surface area contributed by atoms with E-state index in [9.17, 15) is 0 Å². The summed E-state index contributed by atoms with van der Waals surface area (Å²) in [6.45, 7) is 0.747. The molecule has 2 rings (SSSR count). The number of rotatable bonds is 3. The van der Waals surface area contributed by atoms with Gasteiger partial charge in [-0.15, -0.1) is 0 Å². The molecule has 74 valence electrons. The first kappa shape index (κ1) is 9.09. The van der Waals surface area contributed by atoms with Crippen molar-refractivity contribution in [3.8, 4) is 5.75 Å². The highest BCUT2D eigenvalue weighted by molar-refractivity contribution is 5.79. The minimum atomic E-state index is 0.747. The molecule has 1 N–H and O–H groups in total. The van der Waals surface area contributed by atoms with Crippen molar-refractivity contribution in [1.29, 1.82) is 0 Å². The molecular formula is C11H13NO2. The molecule has 1 heterocycles. The second-order valence-corrected chi connectivity index (χ2v) is 3.15. The predicted molar refractivity (Wildman–Crippen MR) is 55.5 cm³/mol. The number of nitrogens with one attached hydrogen (secondary N) is 1. The molecule has 0 bridgehead atoms. The van der Waals surface area contributed by atoms with Crippen molar-refractivity contribution in [3.05, 3.63) is 30.0 Å². The number of fused-ring (bicyclic) bond motifs is 1. The molecular weight excluding hydrogens is 178 g/mol. The molecule has 0 aliphatic rings. The maximum absolute atomic E-state index is 5.61. The van der Waals surface area contributed by atoms with Gasteiger partial charge in [-0.05, 0) is 25.2 Å². The lowest BCUT2D eigenvalue weighted by molar-refractivity contribution is 0.414. The van der Waals surface area contributed by atoms with Crippen LogP contribution in [0.5, 0.6) is 5.75 Å². The lowest BCUT2D eigenvalue weighted by Crippen LogP contribution is -2.03. The van der Waals surface area contributed by atoms with Gasteiger partial charge in [0.2, 0.25) is 0 Å². The van der Waals surface area contributed by atoms with Crippen LogP contribution in [0.3, 0.4) is 0 Å². The molecule has 0 aliphatic carbocycles. The van der Waals surface area contributed by atoms with E-state index in [1.54, 1.807) is 7.11 Å². The van der Waals surface area contributed by atoms with Crippen molar-refractivity contribution in [1.82, 2.24) is 5.32 Å². The Labute approximate surface area is 82.7 Å². The van der Waals surface area contributed by atoms with Crippen molar-refractivity contribution >= 4 is 11.0 Å². The van der Waals surface area contributed by atoms with Gasteiger partial charge in [-0.25, -0.2) is 0 Å². The molecule has 0 fully saturated rings. The smallest absolute Gasteiger partial charge is 0.138 e. The molecule has 0 saturated heterocycles. The Bertz CT molecular complexity index is 434. The largest absolute Gasteiger partial charge is 0.497 e. The summed E-state index contributed by atoms with van der Waals surface area (Å²) in [5.74, 6) is 1.76. The van der Waals surface area contributed by atoms with Crippen LogP contribution in [0.1, 0.15) is 5.76 Å². The first-order valence-corrected chi connectivity index (χ1v) is 4.54. The van der Waals surface area contributed by atoms with Gasteiger partial charge < -0.3 is 14.5 Å². The van der Waals surface area contributed by atoms with Crippen molar-refractivity contribution in [2.24, 2.45) is 0 Å². The molecule has 3 nitrogen and oxygen atoms in total. The molecule has 0 aliphatic heterocycles. The Kier molecular flexibility index (Phi) is 2.41. The van der Waals surface area contributed by atoms with Gasteiger partial charge in [-0.1, -0.05) is 0 Å². The van der Waals surface area contributed by atoms with E-state index in [0.717, 1.165) is 29.0 Å². The lowest BCUT2D eigenvalue weighted by Gasteiger charge is -1.96. The second-order valence-electron chi connectivity index (χ2n) is 3.15. The first-order chi connectivity index (χ1) is 6.83. The van der Waals surface area contributed by atoms with Crippen molar-refractivity contribution in [2.45, 2.75) is 6.54 Å². The number of benzene rings is 1. The van der Waals surface area contributed by atoms with Crippen molar-refractivity contribution < 1.29 is 9.15 Å². The van der Waals surface area contributed by atoms with Gasteiger partial charge in [0.25, 0.3) is 0 Å². The molecule has 1 aromatic heterocycles. The van der Waals surface area contributed by atoms with Gasteiger partial charge in [0.15, 0.2) is 0 Å². The normalized spacial score (nSPS) is 10.7. The van der Waals surface area contributed by atoms with E-state index in [1.807, 2.05) is 31.3 Å². The second kappa shape index (κ2) is 3.72. The minimum Gasteiger partial charge on any atom is -0.497 e. The fourth-order valence-corrected chi connectivity index (χ4v) is 1.45. The fraction of sp³-hybridized carbons (Fsp3) is 0.273. The summed E-state index contributed by atoms with van der Waals surface area (Å²) < 4.78 is 10.7. The summed E-state index contributed by atoms with van der Waals surface area (Å²) in [5.41, 5.74) is 0.870. The summed E-state index contributed by atoms with van der Waals surface area (Å²) in [4.78, 5) is 0. The fourth-order valence-electron chi connectivity index (χ4n) is 1.45. The van der Waals surface area contributed by atoms with Crippen LogP contribution < -0.4 is 10.1 Å². The zero-order valence-electron chi connectivity index (χ0n) is 8.33. The van der Waals surface area contributed by atoms with Gasteiger partial charge in [-0.2, -0.15) is 0 Å². The monoisotopic (exact) mass is 191 g/mol. The van der Waals surface area contributed by atoms with Crippen LogP contribution in [-0.2, 0) is 6.54 Å². The first-order valence-electron chi connectivity index (χ1n) is 4.54. The van der Waals surface area contributed by atoms with Crippen LogP contribution in [0.2, 0.25) is 0 Å². The number of hydrogen-bond acceptors (Lipinski definition) is 3. The lowest BCUT2D eigenvalue weighted by atomic mass is 10.2. The number of furan rings is 1. The minimum absolute atomic E-state index is 0.747. The van der Waals surface area contributed by atoms with Gasteiger partial charge >= 0.3 is 0 Å². The molecule has 0 spiro atoms. The molecule has 1 aromatic carbocycles. The van der Waals surface area contributed by atoms with Gasteiger partial charge in [0.1, 0.15) is 17.1 Å². The summed E-state index contributed by atoms with van der Waals surface area (Å²) in [6.07, 6.45) is 0. The highest BCUT2D eigenvalue weighted by atomic mass is 16.5. The molecule has 0 unspecified atom stereocenters. The third kappa shape index (κ3) is 1.59. The summed E-state index contributed by atoms with van der Waals surface area (Å²) in [7, 11) is 3.55. The Hall–Kier alpha value is -1.48. The molecule has 0 amide bonds. The number of methoxy groups -OCH3 is 1. The van der Waals surface area contributed by atoms with Crippen LogP contribution in [0.25, 0.3) is 11.0 Å². The Morgan fingerprint density at radius 2 is 2.21 bits per heavy atom. The van der Waals surface area contributed by atoms with Crippen LogP contribution in [-0.4, -0.2) is 14.2 Å². The van der Waals surface area contributed by atoms with E-state index in [4.69, 9.17) is 9.15 Å². The van der Waals surface area contributed by atoms with E-state index in [-0.39, 0.29) is 0 Å². The quantitative estimate of drug-likeness (QED) is 0.807. The zero-order valence-corrected chi connectivity index (χ0v) is 8.33. The SMILES string of the molecule is CNCc1cc2ccc(OC)cc2o1. The Balaban J connectivity index is 2.43. The van der Waals surface area contributed by atoms with Crippen molar-refractivity contribution in [2.75, 3.05) is 14.2 Å². The van der Waals surface area contributed by atoms with E-state index in [1.165, 1.54) is 0 Å². The molecule has 0 atom stereocenters. The average Bonchev–Trinajstić information content (AvgIpc) is 2.59. The molecule has 2 aromatic rings. The topological polar surface area (TPSA) is 34.4 Å². The third-order valence-corrected chi connectivity index (χ3v) is 2.13. The molecule has 3 heteroatoms. The third-order valence-electron chi connectivity index (χ3n) is 2.13. The van der Waals surface area contributed by atoms with Crippen molar-refractivity contribution in [3.63, 3.8) is 0 Å². The van der Waals surface area contributed by atoms with E-state index in [0.29, 0.717) is 0 Å². The predicted octanol–water partition coefficient (Wildman–Crippen LogP) is 2.16.